The molecule has 0 saturated heterocycles. The highest BCUT2D eigenvalue weighted by atomic mass is 32.2. The average Bonchev–Trinajstić information content (AvgIpc) is 3.14. The SMILES string of the molecule is C[C@H](C#N)Sc1nc2sc(-c3ccccc3)cc2c(=O)n1-c1ccccc1. The number of rotatable bonds is 4. The van der Waals surface area contributed by atoms with Crippen molar-refractivity contribution in [2.45, 2.75) is 17.3 Å². The zero-order chi connectivity index (χ0) is 18.8. The summed E-state index contributed by atoms with van der Waals surface area (Å²) >= 11 is 2.79. The number of hydrogen-bond donors (Lipinski definition) is 0. The van der Waals surface area contributed by atoms with Gasteiger partial charge >= 0.3 is 0 Å². The Morgan fingerprint density at radius 2 is 1.78 bits per heavy atom. The second kappa shape index (κ2) is 7.39. The third kappa shape index (κ3) is 3.39. The molecule has 0 radical (unpaired) electrons. The number of benzene rings is 2. The first-order valence-electron chi connectivity index (χ1n) is 8.41. The van der Waals surface area contributed by atoms with Gasteiger partial charge in [0.25, 0.3) is 5.56 Å². The summed E-state index contributed by atoms with van der Waals surface area (Å²) in [6, 6.07) is 23.5. The predicted molar refractivity (Wildman–Crippen MR) is 112 cm³/mol. The fourth-order valence-electron chi connectivity index (χ4n) is 2.77. The van der Waals surface area contributed by atoms with Crippen molar-refractivity contribution in [2.24, 2.45) is 0 Å². The van der Waals surface area contributed by atoms with Crippen LogP contribution in [0, 0.1) is 11.3 Å². The largest absolute Gasteiger partial charge is 0.268 e. The van der Waals surface area contributed by atoms with E-state index in [2.05, 4.69) is 6.07 Å². The Labute approximate surface area is 164 Å². The highest BCUT2D eigenvalue weighted by Crippen LogP contribution is 2.33. The van der Waals surface area contributed by atoms with Crippen molar-refractivity contribution in [3.8, 4) is 22.2 Å². The smallest absolute Gasteiger partial charge is 0.267 e. The van der Waals surface area contributed by atoms with Crippen LogP contribution in [0.3, 0.4) is 0 Å². The Morgan fingerprint density at radius 3 is 2.44 bits per heavy atom. The molecule has 2 aromatic carbocycles. The van der Waals surface area contributed by atoms with Gasteiger partial charge in [-0.15, -0.1) is 11.3 Å². The van der Waals surface area contributed by atoms with E-state index in [1.165, 1.54) is 23.1 Å². The number of nitrogens with zero attached hydrogens (tertiary/aromatic N) is 3. The van der Waals surface area contributed by atoms with Crippen molar-refractivity contribution < 1.29 is 0 Å². The first kappa shape index (κ1) is 17.5. The van der Waals surface area contributed by atoms with Crippen LogP contribution in [0.2, 0.25) is 0 Å². The van der Waals surface area contributed by atoms with E-state index in [0.717, 1.165) is 16.1 Å². The van der Waals surface area contributed by atoms with Gasteiger partial charge in [-0.25, -0.2) is 4.98 Å². The molecule has 0 bridgehead atoms. The van der Waals surface area contributed by atoms with Crippen LogP contribution in [-0.2, 0) is 0 Å². The topological polar surface area (TPSA) is 58.7 Å². The fraction of sp³-hybridized carbons (Fsp3) is 0.0952. The van der Waals surface area contributed by atoms with E-state index in [9.17, 15) is 10.1 Å². The van der Waals surface area contributed by atoms with Gasteiger partial charge in [-0.1, -0.05) is 60.3 Å². The van der Waals surface area contributed by atoms with Crippen molar-refractivity contribution >= 4 is 33.3 Å². The van der Waals surface area contributed by atoms with Gasteiger partial charge in [0, 0.05) is 4.88 Å². The minimum absolute atomic E-state index is 0.114. The Bertz CT molecular complexity index is 1190. The maximum atomic E-state index is 13.3. The molecule has 0 unspecified atom stereocenters. The van der Waals surface area contributed by atoms with Crippen LogP contribution in [0.5, 0.6) is 0 Å². The van der Waals surface area contributed by atoms with Crippen LogP contribution in [0.4, 0.5) is 0 Å². The Balaban J connectivity index is 1.96. The van der Waals surface area contributed by atoms with Crippen LogP contribution in [-0.4, -0.2) is 14.8 Å². The standard InChI is InChI=1S/C21H15N3OS2/c1-14(13-22)26-21-23-19-17(12-18(27-19)15-8-4-2-5-9-15)20(25)24(21)16-10-6-3-7-11-16/h2-12,14H,1H3/t14-/m1/s1. The molecule has 0 aliphatic heterocycles. The van der Waals surface area contributed by atoms with Crippen LogP contribution in [0.1, 0.15) is 6.92 Å². The van der Waals surface area contributed by atoms with Gasteiger partial charge in [-0.3, -0.25) is 9.36 Å². The second-order valence-corrected chi connectivity index (χ2v) is 8.29. The van der Waals surface area contributed by atoms with Crippen LogP contribution >= 0.6 is 23.1 Å². The molecule has 4 nitrogen and oxygen atoms in total. The third-order valence-electron chi connectivity index (χ3n) is 4.07. The first-order valence-corrected chi connectivity index (χ1v) is 10.1. The number of aromatic nitrogens is 2. The summed E-state index contributed by atoms with van der Waals surface area (Å²) in [5, 5.41) is 10.0. The van der Waals surface area contributed by atoms with Crippen LogP contribution < -0.4 is 5.56 Å². The van der Waals surface area contributed by atoms with Crippen LogP contribution in [0.25, 0.3) is 26.3 Å². The molecule has 0 aliphatic carbocycles. The summed E-state index contributed by atoms with van der Waals surface area (Å²) in [5.74, 6) is 0. The molecule has 132 valence electrons. The molecule has 4 aromatic rings. The van der Waals surface area contributed by atoms with Crippen LogP contribution in [0.15, 0.2) is 76.7 Å². The van der Waals surface area contributed by atoms with Gasteiger partial charge in [-0.05, 0) is 30.7 Å². The molecule has 1 atom stereocenters. The summed E-state index contributed by atoms with van der Waals surface area (Å²) in [6.07, 6.45) is 0. The van der Waals surface area contributed by atoms with Crippen molar-refractivity contribution in [2.75, 3.05) is 0 Å². The molecular weight excluding hydrogens is 374 g/mol. The maximum absolute atomic E-state index is 13.3. The molecule has 0 aliphatic rings. The lowest BCUT2D eigenvalue weighted by Crippen LogP contribution is -2.21. The number of para-hydroxylation sites is 1. The molecule has 4 rings (SSSR count). The number of thioether (sulfide) groups is 1. The summed E-state index contributed by atoms with van der Waals surface area (Å²) in [7, 11) is 0. The normalized spacial score (nSPS) is 12.0. The molecule has 0 fully saturated rings. The lowest BCUT2D eigenvalue weighted by atomic mass is 10.2. The minimum Gasteiger partial charge on any atom is -0.268 e. The summed E-state index contributed by atoms with van der Waals surface area (Å²) in [6.45, 7) is 1.81. The number of thiophene rings is 1. The zero-order valence-corrected chi connectivity index (χ0v) is 16.1. The molecule has 27 heavy (non-hydrogen) atoms. The number of fused-ring (bicyclic) bond motifs is 1. The quantitative estimate of drug-likeness (QED) is 0.359. The second-order valence-electron chi connectivity index (χ2n) is 5.96. The van der Waals surface area contributed by atoms with Gasteiger partial charge < -0.3 is 0 Å². The molecule has 0 saturated carbocycles. The molecule has 2 aromatic heterocycles. The fourth-order valence-corrected chi connectivity index (χ4v) is 4.67. The average molecular weight is 390 g/mol. The summed E-state index contributed by atoms with van der Waals surface area (Å²) in [5.41, 5.74) is 1.69. The number of hydrogen-bond acceptors (Lipinski definition) is 5. The van der Waals surface area contributed by atoms with Crippen molar-refractivity contribution in [3.63, 3.8) is 0 Å². The van der Waals surface area contributed by atoms with Crippen molar-refractivity contribution in [3.05, 3.63) is 77.1 Å². The molecular formula is C21H15N3OS2. The summed E-state index contributed by atoms with van der Waals surface area (Å²) in [4.78, 5) is 19.7. The number of nitriles is 1. The molecule has 6 heteroatoms. The lowest BCUT2D eigenvalue weighted by Gasteiger charge is -2.12. The Morgan fingerprint density at radius 1 is 1.11 bits per heavy atom. The van der Waals surface area contributed by atoms with E-state index < -0.39 is 0 Å². The molecule has 0 spiro atoms. The van der Waals surface area contributed by atoms with Gasteiger partial charge in [-0.2, -0.15) is 5.26 Å². The Kier molecular flexibility index (Phi) is 4.80. The van der Waals surface area contributed by atoms with E-state index in [-0.39, 0.29) is 10.8 Å². The molecule has 0 amide bonds. The van der Waals surface area contributed by atoms with Crippen molar-refractivity contribution in [1.82, 2.24) is 9.55 Å². The van der Waals surface area contributed by atoms with Crippen molar-refractivity contribution in [1.29, 1.82) is 5.26 Å². The maximum Gasteiger partial charge on any atom is 0.267 e. The zero-order valence-electron chi connectivity index (χ0n) is 14.5. The Hall–Kier alpha value is -2.88. The van der Waals surface area contributed by atoms with Gasteiger partial charge in [0.1, 0.15) is 4.83 Å². The lowest BCUT2D eigenvalue weighted by molar-refractivity contribution is 0.821. The third-order valence-corrected chi connectivity index (χ3v) is 6.09. The first-order chi connectivity index (χ1) is 13.2. The summed E-state index contributed by atoms with van der Waals surface area (Å²) < 4.78 is 1.60. The highest BCUT2D eigenvalue weighted by Gasteiger charge is 2.18. The van der Waals surface area contributed by atoms with E-state index in [1.807, 2.05) is 66.7 Å². The monoisotopic (exact) mass is 389 g/mol. The van der Waals surface area contributed by atoms with Gasteiger partial charge in [0.15, 0.2) is 5.16 Å². The van der Waals surface area contributed by atoms with Gasteiger partial charge in [0.2, 0.25) is 0 Å². The van der Waals surface area contributed by atoms with E-state index in [1.54, 1.807) is 11.5 Å². The van der Waals surface area contributed by atoms with E-state index in [4.69, 9.17) is 4.98 Å². The predicted octanol–water partition coefficient (Wildman–Crippen LogP) is 5.12. The minimum atomic E-state index is -0.308. The van der Waals surface area contributed by atoms with Gasteiger partial charge in [0.05, 0.1) is 22.4 Å². The molecule has 0 N–H and O–H groups in total. The van der Waals surface area contributed by atoms with E-state index in [0.29, 0.717) is 15.4 Å². The molecule has 2 heterocycles. The van der Waals surface area contributed by atoms with E-state index >= 15 is 0 Å². The highest BCUT2D eigenvalue weighted by molar-refractivity contribution is 8.00.